The van der Waals surface area contributed by atoms with Gasteiger partial charge in [0.15, 0.2) is 0 Å². The van der Waals surface area contributed by atoms with Gasteiger partial charge in [-0.3, -0.25) is 4.79 Å². The van der Waals surface area contributed by atoms with E-state index in [9.17, 15) is 9.18 Å². The third-order valence-corrected chi connectivity index (χ3v) is 3.27. The highest BCUT2D eigenvalue weighted by molar-refractivity contribution is 9.10. The number of aromatic nitrogens is 1. The standard InChI is InChI=1S/C13H12BrFN2O/c1-17-6-2-3-10(17)8-16-13(18)9-4-5-12(15)11(14)7-9/h2-7H,8H2,1H3,(H,16,18). The quantitative estimate of drug-likeness (QED) is 0.929. The van der Waals surface area contributed by atoms with Crippen LogP contribution in [0, 0.1) is 5.82 Å². The normalized spacial score (nSPS) is 10.4. The van der Waals surface area contributed by atoms with Crippen molar-refractivity contribution < 1.29 is 9.18 Å². The topological polar surface area (TPSA) is 34.0 Å². The number of halogens is 2. The first kappa shape index (κ1) is 12.8. The van der Waals surface area contributed by atoms with E-state index < -0.39 is 0 Å². The molecule has 3 nitrogen and oxygen atoms in total. The Morgan fingerprint density at radius 2 is 2.22 bits per heavy atom. The first-order chi connectivity index (χ1) is 8.58. The van der Waals surface area contributed by atoms with Gasteiger partial charge in [0.2, 0.25) is 0 Å². The van der Waals surface area contributed by atoms with E-state index in [4.69, 9.17) is 0 Å². The Hall–Kier alpha value is -1.62. The van der Waals surface area contributed by atoms with Gasteiger partial charge in [-0.1, -0.05) is 0 Å². The molecule has 1 aromatic carbocycles. The second-order valence-corrected chi connectivity index (χ2v) is 4.78. The maximum atomic E-state index is 13.0. The number of aryl methyl sites for hydroxylation is 1. The smallest absolute Gasteiger partial charge is 0.251 e. The largest absolute Gasteiger partial charge is 0.353 e. The van der Waals surface area contributed by atoms with Gasteiger partial charge < -0.3 is 9.88 Å². The Labute approximate surface area is 113 Å². The Bertz CT molecular complexity index is 580. The zero-order chi connectivity index (χ0) is 13.1. The van der Waals surface area contributed by atoms with Gasteiger partial charge in [0.05, 0.1) is 11.0 Å². The van der Waals surface area contributed by atoms with Crippen LogP contribution in [0.4, 0.5) is 4.39 Å². The lowest BCUT2D eigenvalue weighted by molar-refractivity contribution is 0.0950. The molecule has 0 radical (unpaired) electrons. The number of amides is 1. The minimum atomic E-state index is -0.381. The maximum absolute atomic E-state index is 13.0. The minimum absolute atomic E-state index is 0.225. The molecular weight excluding hydrogens is 299 g/mol. The summed E-state index contributed by atoms with van der Waals surface area (Å²) in [6.45, 7) is 0.442. The molecule has 1 N–H and O–H groups in total. The highest BCUT2D eigenvalue weighted by Gasteiger charge is 2.08. The molecule has 1 heterocycles. The molecule has 2 rings (SSSR count). The van der Waals surface area contributed by atoms with Gasteiger partial charge >= 0.3 is 0 Å². The molecule has 18 heavy (non-hydrogen) atoms. The lowest BCUT2D eigenvalue weighted by atomic mass is 10.2. The number of hydrogen-bond acceptors (Lipinski definition) is 1. The monoisotopic (exact) mass is 310 g/mol. The fourth-order valence-electron chi connectivity index (χ4n) is 1.59. The van der Waals surface area contributed by atoms with E-state index in [1.807, 2.05) is 29.9 Å². The van der Waals surface area contributed by atoms with Crippen molar-refractivity contribution in [2.45, 2.75) is 6.54 Å². The van der Waals surface area contributed by atoms with Crippen molar-refractivity contribution in [1.82, 2.24) is 9.88 Å². The highest BCUT2D eigenvalue weighted by Crippen LogP contribution is 2.16. The van der Waals surface area contributed by atoms with E-state index >= 15 is 0 Å². The van der Waals surface area contributed by atoms with Crippen molar-refractivity contribution in [2.75, 3.05) is 0 Å². The Kier molecular flexibility index (Phi) is 3.81. The molecular formula is C13H12BrFN2O. The van der Waals surface area contributed by atoms with Gasteiger partial charge in [0.1, 0.15) is 5.82 Å². The molecule has 0 spiro atoms. The van der Waals surface area contributed by atoms with Crippen LogP contribution in [0.5, 0.6) is 0 Å². The van der Waals surface area contributed by atoms with Crippen molar-refractivity contribution in [2.24, 2.45) is 7.05 Å². The lowest BCUT2D eigenvalue weighted by Gasteiger charge is -2.07. The van der Waals surface area contributed by atoms with Crippen molar-refractivity contribution in [1.29, 1.82) is 0 Å². The van der Waals surface area contributed by atoms with Crippen molar-refractivity contribution >= 4 is 21.8 Å². The molecule has 0 unspecified atom stereocenters. The van der Waals surface area contributed by atoms with Crippen LogP contribution in [-0.2, 0) is 13.6 Å². The molecule has 0 aliphatic heterocycles. The molecule has 0 saturated carbocycles. The summed E-state index contributed by atoms with van der Waals surface area (Å²) >= 11 is 3.06. The van der Waals surface area contributed by atoms with E-state index in [-0.39, 0.29) is 16.2 Å². The highest BCUT2D eigenvalue weighted by atomic mass is 79.9. The third-order valence-electron chi connectivity index (χ3n) is 2.66. The molecule has 5 heteroatoms. The van der Waals surface area contributed by atoms with Crippen molar-refractivity contribution in [3.8, 4) is 0 Å². The number of rotatable bonds is 3. The summed E-state index contributed by atoms with van der Waals surface area (Å²) in [5.41, 5.74) is 1.43. The van der Waals surface area contributed by atoms with Crippen LogP contribution in [0.2, 0.25) is 0 Å². The Balaban J connectivity index is 2.04. The van der Waals surface area contributed by atoms with Gasteiger partial charge in [-0.25, -0.2) is 4.39 Å². The number of nitrogens with one attached hydrogen (secondary N) is 1. The predicted molar refractivity (Wildman–Crippen MR) is 70.7 cm³/mol. The van der Waals surface area contributed by atoms with Crippen LogP contribution in [0.25, 0.3) is 0 Å². The molecule has 1 amide bonds. The van der Waals surface area contributed by atoms with E-state index in [1.54, 1.807) is 0 Å². The van der Waals surface area contributed by atoms with Gasteiger partial charge in [-0.05, 0) is 46.3 Å². The molecule has 0 atom stereocenters. The minimum Gasteiger partial charge on any atom is -0.353 e. The summed E-state index contributed by atoms with van der Waals surface area (Å²) in [7, 11) is 1.91. The van der Waals surface area contributed by atoms with Crippen LogP contribution in [0.1, 0.15) is 16.1 Å². The van der Waals surface area contributed by atoms with E-state index in [0.29, 0.717) is 12.1 Å². The van der Waals surface area contributed by atoms with Crippen LogP contribution < -0.4 is 5.32 Å². The average molecular weight is 311 g/mol. The number of nitrogens with zero attached hydrogens (tertiary/aromatic N) is 1. The Morgan fingerprint density at radius 1 is 1.44 bits per heavy atom. The average Bonchev–Trinajstić information content (AvgIpc) is 2.75. The number of carbonyl (C=O) groups excluding carboxylic acids is 1. The summed E-state index contributed by atoms with van der Waals surface area (Å²) < 4.78 is 15.3. The van der Waals surface area contributed by atoms with E-state index in [2.05, 4.69) is 21.2 Å². The van der Waals surface area contributed by atoms with Crippen LogP contribution in [0.15, 0.2) is 41.0 Å². The maximum Gasteiger partial charge on any atom is 0.251 e. The first-order valence-electron chi connectivity index (χ1n) is 5.41. The summed E-state index contributed by atoms with van der Waals surface area (Å²) in [4.78, 5) is 11.9. The van der Waals surface area contributed by atoms with E-state index in [1.165, 1.54) is 18.2 Å². The molecule has 0 aliphatic rings. The third kappa shape index (κ3) is 2.79. The zero-order valence-corrected chi connectivity index (χ0v) is 11.4. The second kappa shape index (κ2) is 5.35. The molecule has 0 saturated heterocycles. The van der Waals surface area contributed by atoms with Crippen molar-refractivity contribution in [3.05, 3.63) is 58.1 Å². The number of carbonyl (C=O) groups is 1. The molecule has 0 bridgehead atoms. The lowest BCUT2D eigenvalue weighted by Crippen LogP contribution is -2.23. The molecule has 2 aromatic rings. The summed E-state index contributed by atoms with van der Waals surface area (Å²) in [6.07, 6.45) is 1.91. The van der Waals surface area contributed by atoms with Gasteiger partial charge in [0.25, 0.3) is 5.91 Å². The fraction of sp³-hybridized carbons (Fsp3) is 0.154. The van der Waals surface area contributed by atoms with Gasteiger partial charge in [-0.2, -0.15) is 0 Å². The van der Waals surface area contributed by atoms with Crippen LogP contribution in [0.3, 0.4) is 0 Å². The fourth-order valence-corrected chi connectivity index (χ4v) is 1.97. The SMILES string of the molecule is Cn1cccc1CNC(=O)c1ccc(F)c(Br)c1. The van der Waals surface area contributed by atoms with Crippen LogP contribution in [-0.4, -0.2) is 10.5 Å². The summed E-state index contributed by atoms with van der Waals surface area (Å²) in [5, 5.41) is 2.79. The molecule has 94 valence electrons. The predicted octanol–water partition coefficient (Wildman–Crippen LogP) is 2.86. The van der Waals surface area contributed by atoms with Gasteiger partial charge in [-0.15, -0.1) is 0 Å². The molecule has 0 aliphatic carbocycles. The summed E-state index contributed by atoms with van der Waals surface area (Å²) in [6, 6.07) is 8.04. The number of hydrogen-bond donors (Lipinski definition) is 1. The Morgan fingerprint density at radius 3 is 2.83 bits per heavy atom. The van der Waals surface area contributed by atoms with Crippen LogP contribution >= 0.6 is 15.9 Å². The first-order valence-corrected chi connectivity index (χ1v) is 6.20. The van der Waals surface area contributed by atoms with Crippen molar-refractivity contribution in [3.63, 3.8) is 0 Å². The molecule has 0 fully saturated rings. The molecule has 1 aromatic heterocycles. The zero-order valence-electron chi connectivity index (χ0n) is 9.78. The second-order valence-electron chi connectivity index (χ2n) is 3.92. The summed E-state index contributed by atoms with van der Waals surface area (Å²) in [5.74, 6) is -0.606. The van der Waals surface area contributed by atoms with E-state index in [0.717, 1.165) is 5.69 Å². The van der Waals surface area contributed by atoms with Gasteiger partial charge in [0, 0.05) is 24.5 Å². The number of benzene rings is 1.